The third-order valence-corrected chi connectivity index (χ3v) is 4.64. The molecule has 0 aliphatic carbocycles. The minimum Gasteiger partial charge on any atom is -0.501 e. The zero-order valence-corrected chi connectivity index (χ0v) is 19.1. The minimum absolute atomic E-state index is 0. The summed E-state index contributed by atoms with van der Waals surface area (Å²) in [5.41, 5.74) is 3.77. The number of para-hydroxylation sites is 1. The molecular formula is C28H18IrN2O-2. The maximum atomic E-state index is 8.03. The molecular weight excluding hydrogens is 573 g/mol. The van der Waals surface area contributed by atoms with Crippen molar-refractivity contribution in [3.8, 4) is 22.5 Å². The number of fused-ring (bicyclic) bond motifs is 3. The Hall–Kier alpha value is -3.59. The summed E-state index contributed by atoms with van der Waals surface area (Å²) in [7, 11) is 0. The average molecular weight is 595 g/mol. The Morgan fingerprint density at radius 3 is 2.28 bits per heavy atom. The fraction of sp³-hybridized carbons (Fsp3) is 0. The van der Waals surface area contributed by atoms with E-state index < -0.39 is 0 Å². The molecule has 0 saturated heterocycles. The molecule has 0 atom stereocenters. The summed E-state index contributed by atoms with van der Waals surface area (Å²) in [4.78, 5) is 8.30. The van der Waals surface area contributed by atoms with Gasteiger partial charge in [0.2, 0.25) is 0 Å². The second-order valence-electron chi connectivity index (χ2n) is 6.60. The van der Waals surface area contributed by atoms with E-state index in [1.54, 1.807) is 12.1 Å². The van der Waals surface area contributed by atoms with Crippen LogP contribution in [0.15, 0.2) is 114 Å². The quantitative estimate of drug-likeness (QED) is 0.203. The SMILES string of the molecule is [2H]c1ccnc(-c2[c-]ccc3c2oc2ccccc23)c1[2H].[2H]c1ccnc(-c2[c-]cccc2)c1[2H].[Ir]. The first-order valence-corrected chi connectivity index (χ1v) is 9.68. The number of nitrogens with zero attached hydrogens (tertiary/aromatic N) is 2. The number of furan rings is 1. The summed E-state index contributed by atoms with van der Waals surface area (Å²) >= 11 is 0. The summed E-state index contributed by atoms with van der Waals surface area (Å²) in [6, 6.07) is 28.5. The van der Waals surface area contributed by atoms with Gasteiger partial charge < -0.3 is 14.4 Å². The molecule has 1 radical (unpaired) electrons. The Morgan fingerprint density at radius 2 is 1.47 bits per heavy atom. The van der Waals surface area contributed by atoms with E-state index in [0.717, 1.165) is 21.9 Å². The molecule has 0 amide bonds. The molecule has 4 heteroatoms. The van der Waals surface area contributed by atoms with Gasteiger partial charge in [0.25, 0.3) is 0 Å². The van der Waals surface area contributed by atoms with E-state index in [1.807, 2.05) is 48.5 Å². The van der Waals surface area contributed by atoms with Crippen molar-refractivity contribution in [3.05, 3.63) is 121 Å². The number of hydrogen-bond donors (Lipinski definition) is 0. The van der Waals surface area contributed by atoms with Crippen LogP contribution in [-0.2, 0) is 20.1 Å². The number of rotatable bonds is 2. The normalized spacial score (nSPS) is 12.0. The van der Waals surface area contributed by atoms with E-state index in [1.165, 1.54) is 24.5 Å². The fourth-order valence-electron chi connectivity index (χ4n) is 3.25. The second-order valence-corrected chi connectivity index (χ2v) is 6.60. The summed E-state index contributed by atoms with van der Waals surface area (Å²) < 4.78 is 36.8. The van der Waals surface area contributed by atoms with Gasteiger partial charge in [-0.2, -0.15) is 0 Å². The minimum atomic E-state index is 0. The van der Waals surface area contributed by atoms with Crippen molar-refractivity contribution in [1.29, 1.82) is 0 Å². The van der Waals surface area contributed by atoms with Crippen LogP contribution >= 0.6 is 0 Å². The summed E-state index contributed by atoms with van der Waals surface area (Å²) in [5, 5.41) is 1.99. The first-order valence-electron chi connectivity index (χ1n) is 11.7. The maximum absolute atomic E-state index is 8.03. The van der Waals surface area contributed by atoms with Crippen LogP contribution in [-0.4, -0.2) is 9.97 Å². The Kier molecular flexibility index (Phi) is 5.40. The van der Waals surface area contributed by atoms with E-state index in [0.29, 0.717) is 22.5 Å². The molecule has 0 unspecified atom stereocenters. The molecule has 3 nitrogen and oxygen atoms in total. The van der Waals surface area contributed by atoms with Crippen molar-refractivity contribution < 1.29 is 30.0 Å². The molecule has 0 N–H and O–H groups in total. The van der Waals surface area contributed by atoms with Gasteiger partial charge in [0.15, 0.2) is 0 Å². The molecule has 3 aromatic heterocycles. The van der Waals surface area contributed by atoms with Gasteiger partial charge in [-0.1, -0.05) is 53.3 Å². The van der Waals surface area contributed by atoms with Crippen LogP contribution in [0.1, 0.15) is 5.48 Å². The predicted molar refractivity (Wildman–Crippen MR) is 124 cm³/mol. The monoisotopic (exact) mass is 595 g/mol. The van der Waals surface area contributed by atoms with Crippen molar-refractivity contribution in [2.45, 2.75) is 0 Å². The fourth-order valence-corrected chi connectivity index (χ4v) is 3.25. The molecule has 0 bridgehead atoms. The van der Waals surface area contributed by atoms with Gasteiger partial charge in [-0.05, 0) is 29.6 Å². The zero-order valence-electron chi connectivity index (χ0n) is 20.7. The van der Waals surface area contributed by atoms with Gasteiger partial charge in [0.05, 0.1) is 11.1 Å². The van der Waals surface area contributed by atoms with Crippen LogP contribution in [0.4, 0.5) is 0 Å². The Bertz CT molecular complexity index is 1650. The van der Waals surface area contributed by atoms with Crippen molar-refractivity contribution in [2.75, 3.05) is 0 Å². The Morgan fingerprint density at radius 1 is 0.719 bits per heavy atom. The third-order valence-electron chi connectivity index (χ3n) is 4.64. The van der Waals surface area contributed by atoms with Crippen LogP contribution in [0.3, 0.4) is 0 Å². The molecule has 3 heterocycles. The molecule has 6 rings (SSSR count). The molecule has 0 aliphatic rings. The summed E-state index contributed by atoms with van der Waals surface area (Å²) in [6.45, 7) is 0. The topological polar surface area (TPSA) is 38.9 Å². The van der Waals surface area contributed by atoms with Crippen molar-refractivity contribution >= 4 is 21.9 Å². The molecule has 0 aliphatic heterocycles. The van der Waals surface area contributed by atoms with Gasteiger partial charge in [-0.15, -0.1) is 54.1 Å². The van der Waals surface area contributed by atoms with E-state index in [2.05, 4.69) is 22.1 Å². The summed E-state index contributed by atoms with van der Waals surface area (Å²) in [5.74, 6) is 0. The van der Waals surface area contributed by atoms with Gasteiger partial charge in [0, 0.05) is 37.9 Å². The van der Waals surface area contributed by atoms with Crippen molar-refractivity contribution in [3.63, 3.8) is 0 Å². The standard InChI is InChI=1S/C17H10NO.C11H8N.Ir/c1-2-10-16-12(6-1)13-7-5-8-14(17(13)19-16)15-9-3-4-11-18-15;1-2-6-10(7-3-1)11-8-4-5-9-12-11;/h1-7,9-11H;1-6,8-9H;/q2*-1;/i3D,9D;4D,8D;. The van der Waals surface area contributed by atoms with E-state index >= 15 is 0 Å². The van der Waals surface area contributed by atoms with Crippen LogP contribution in [0.5, 0.6) is 0 Å². The van der Waals surface area contributed by atoms with Gasteiger partial charge in [0.1, 0.15) is 5.58 Å². The molecule has 3 aromatic carbocycles. The van der Waals surface area contributed by atoms with Crippen molar-refractivity contribution in [2.24, 2.45) is 0 Å². The average Bonchev–Trinajstić information content (AvgIpc) is 3.27. The Balaban J connectivity index is 0.000000178. The second kappa shape index (κ2) is 10.1. The van der Waals surface area contributed by atoms with Gasteiger partial charge >= 0.3 is 0 Å². The number of pyridine rings is 2. The first kappa shape index (κ1) is 17.0. The zero-order chi connectivity index (χ0) is 24.4. The Labute approximate surface area is 205 Å². The first-order chi connectivity index (χ1) is 17.0. The van der Waals surface area contributed by atoms with Crippen LogP contribution in [0.2, 0.25) is 0 Å². The predicted octanol–water partition coefficient (Wildman–Crippen LogP) is 6.99. The van der Waals surface area contributed by atoms with Crippen LogP contribution < -0.4 is 0 Å². The van der Waals surface area contributed by atoms with E-state index in [9.17, 15) is 0 Å². The third kappa shape index (κ3) is 4.52. The summed E-state index contributed by atoms with van der Waals surface area (Å²) in [6.07, 6.45) is 3.07. The maximum Gasteiger partial charge on any atom is 0.120 e. The number of hydrogen-bond acceptors (Lipinski definition) is 3. The van der Waals surface area contributed by atoms with Gasteiger partial charge in [-0.3, -0.25) is 0 Å². The largest absolute Gasteiger partial charge is 0.501 e. The van der Waals surface area contributed by atoms with E-state index in [4.69, 9.17) is 9.90 Å². The van der Waals surface area contributed by atoms with Gasteiger partial charge in [-0.25, -0.2) is 0 Å². The van der Waals surface area contributed by atoms with E-state index in [-0.39, 0.29) is 44.3 Å². The molecule has 32 heavy (non-hydrogen) atoms. The van der Waals surface area contributed by atoms with Crippen molar-refractivity contribution in [1.82, 2.24) is 9.97 Å². The smallest absolute Gasteiger partial charge is 0.120 e. The molecule has 0 spiro atoms. The molecule has 0 saturated carbocycles. The number of benzene rings is 3. The molecule has 157 valence electrons. The molecule has 0 fully saturated rings. The molecule has 6 aromatic rings. The number of aromatic nitrogens is 2. The van der Waals surface area contributed by atoms with Crippen LogP contribution in [0.25, 0.3) is 44.5 Å². The van der Waals surface area contributed by atoms with Crippen LogP contribution in [0, 0.1) is 12.1 Å².